The van der Waals surface area contributed by atoms with Crippen LogP contribution in [0.1, 0.15) is 41.4 Å². The Balaban J connectivity index is 2.33. The third-order valence-electron chi connectivity index (χ3n) is 2.90. The Hall–Kier alpha value is -1.14. The molecule has 0 atom stereocenters. The zero-order chi connectivity index (χ0) is 13.8. The third-order valence-corrected chi connectivity index (χ3v) is 4.00. The van der Waals surface area contributed by atoms with E-state index in [9.17, 15) is 4.79 Å². The molecule has 0 spiro atoms. The van der Waals surface area contributed by atoms with Gasteiger partial charge in [-0.1, -0.05) is 13.8 Å². The van der Waals surface area contributed by atoms with Crippen molar-refractivity contribution in [3.05, 3.63) is 22.8 Å². The number of hydrogen-bond acceptors (Lipinski definition) is 6. The van der Waals surface area contributed by atoms with Crippen LogP contribution in [0.5, 0.6) is 0 Å². The van der Waals surface area contributed by atoms with E-state index in [0.29, 0.717) is 17.5 Å². The molecule has 0 saturated carbocycles. The number of nitrogens with one attached hydrogen (secondary N) is 1. The molecule has 1 aromatic rings. The molecule has 0 aliphatic carbocycles. The number of aromatic nitrogens is 2. The van der Waals surface area contributed by atoms with E-state index in [1.807, 2.05) is 0 Å². The zero-order valence-electron chi connectivity index (χ0n) is 11.5. The van der Waals surface area contributed by atoms with Crippen LogP contribution < -0.4 is 5.32 Å². The quantitative estimate of drug-likeness (QED) is 0.845. The van der Waals surface area contributed by atoms with E-state index < -0.39 is 0 Å². The van der Waals surface area contributed by atoms with Gasteiger partial charge in [0.1, 0.15) is 5.82 Å². The number of nitrogens with zero attached hydrogens (tertiary/aromatic N) is 2. The summed E-state index contributed by atoms with van der Waals surface area (Å²) in [5, 5.41) is 3.75. The number of ether oxygens (including phenoxy) is 1. The molecule has 0 bridgehead atoms. The molecular formula is C13H19N3O2S. The third kappa shape index (κ3) is 3.45. The molecule has 2 heterocycles. The van der Waals surface area contributed by atoms with Crippen LogP contribution in [0.15, 0.2) is 0 Å². The largest absolute Gasteiger partial charge is 0.464 e. The second-order valence-electron chi connectivity index (χ2n) is 4.69. The summed E-state index contributed by atoms with van der Waals surface area (Å²) in [6.07, 6.45) is 0.835. The summed E-state index contributed by atoms with van der Waals surface area (Å²) in [5.74, 6) is 1.07. The molecule has 1 N–H and O–H groups in total. The van der Waals surface area contributed by atoms with E-state index in [4.69, 9.17) is 4.74 Å². The Bertz CT molecular complexity index is 477. The fourth-order valence-electron chi connectivity index (χ4n) is 1.97. The van der Waals surface area contributed by atoms with Gasteiger partial charge >= 0.3 is 5.97 Å². The Labute approximate surface area is 117 Å². The Kier molecular flexibility index (Phi) is 4.76. The van der Waals surface area contributed by atoms with Crippen molar-refractivity contribution in [2.45, 2.75) is 37.8 Å². The van der Waals surface area contributed by atoms with Crippen molar-refractivity contribution in [2.75, 3.05) is 13.7 Å². The maximum absolute atomic E-state index is 11.8. The minimum atomic E-state index is -0.377. The van der Waals surface area contributed by atoms with Crippen LogP contribution in [-0.4, -0.2) is 34.8 Å². The molecule has 19 heavy (non-hydrogen) atoms. The summed E-state index contributed by atoms with van der Waals surface area (Å²) in [5.41, 5.74) is 2.28. The van der Waals surface area contributed by atoms with Crippen LogP contribution in [0, 0.1) is 0 Å². The Morgan fingerprint density at radius 3 is 2.95 bits per heavy atom. The topological polar surface area (TPSA) is 64.1 Å². The smallest absolute Gasteiger partial charge is 0.357 e. The van der Waals surface area contributed by atoms with Crippen LogP contribution in [0.3, 0.4) is 0 Å². The molecule has 104 valence electrons. The van der Waals surface area contributed by atoms with Gasteiger partial charge in [-0.25, -0.2) is 14.8 Å². The van der Waals surface area contributed by atoms with E-state index in [0.717, 1.165) is 35.8 Å². The minimum Gasteiger partial charge on any atom is -0.464 e. The van der Waals surface area contributed by atoms with Crippen molar-refractivity contribution >= 4 is 17.7 Å². The van der Waals surface area contributed by atoms with Crippen molar-refractivity contribution in [1.82, 2.24) is 15.3 Å². The standard InChI is InChI=1S/C13H19N3O2S/c1-8(2)19-7-11-15-10-4-5-14-6-9(10)12(16-11)13(17)18-3/h8,14H,4-7H2,1-3H3. The van der Waals surface area contributed by atoms with Crippen molar-refractivity contribution in [1.29, 1.82) is 0 Å². The van der Waals surface area contributed by atoms with E-state index >= 15 is 0 Å². The SMILES string of the molecule is COC(=O)c1nc(CSC(C)C)nc2c1CNCC2. The number of carbonyl (C=O) groups excluding carboxylic acids is 1. The van der Waals surface area contributed by atoms with Crippen LogP contribution in [0.4, 0.5) is 0 Å². The highest BCUT2D eigenvalue weighted by Crippen LogP contribution is 2.20. The summed E-state index contributed by atoms with van der Waals surface area (Å²) in [7, 11) is 1.38. The fraction of sp³-hybridized carbons (Fsp3) is 0.615. The summed E-state index contributed by atoms with van der Waals surface area (Å²) in [6, 6.07) is 0. The van der Waals surface area contributed by atoms with Gasteiger partial charge in [0, 0.05) is 25.1 Å². The van der Waals surface area contributed by atoms with Gasteiger partial charge in [-0.3, -0.25) is 0 Å². The molecule has 0 fully saturated rings. The number of hydrogen-bond donors (Lipinski definition) is 1. The molecule has 1 aliphatic heterocycles. The van der Waals surface area contributed by atoms with Gasteiger partial charge in [-0.05, 0) is 5.25 Å². The van der Waals surface area contributed by atoms with E-state index in [1.54, 1.807) is 11.8 Å². The lowest BCUT2D eigenvalue weighted by Crippen LogP contribution is -2.28. The van der Waals surface area contributed by atoms with Gasteiger partial charge in [0.25, 0.3) is 0 Å². The Morgan fingerprint density at radius 2 is 2.26 bits per heavy atom. The van der Waals surface area contributed by atoms with Crippen molar-refractivity contribution < 1.29 is 9.53 Å². The predicted octanol–water partition coefficient (Wildman–Crippen LogP) is 1.55. The maximum Gasteiger partial charge on any atom is 0.357 e. The van der Waals surface area contributed by atoms with Crippen molar-refractivity contribution in [3.8, 4) is 0 Å². The van der Waals surface area contributed by atoms with Gasteiger partial charge in [0.2, 0.25) is 0 Å². The van der Waals surface area contributed by atoms with E-state index in [1.165, 1.54) is 7.11 Å². The van der Waals surface area contributed by atoms with Crippen molar-refractivity contribution in [2.24, 2.45) is 0 Å². The molecule has 0 unspecified atom stereocenters. The molecule has 1 aliphatic rings. The fourth-order valence-corrected chi connectivity index (χ4v) is 2.58. The van der Waals surface area contributed by atoms with E-state index in [2.05, 4.69) is 29.1 Å². The average Bonchev–Trinajstić information content (AvgIpc) is 2.43. The molecule has 0 amide bonds. The van der Waals surface area contributed by atoms with Gasteiger partial charge in [0.05, 0.1) is 18.6 Å². The normalized spacial score (nSPS) is 14.3. The van der Waals surface area contributed by atoms with E-state index in [-0.39, 0.29) is 5.97 Å². The molecule has 0 saturated heterocycles. The lowest BCUT2D eigenvalue weighted by atomic mass is 10.1. The molecule has 0 radical (unpaired) electrons. The second kappa shape index (κ2) is 6.34. The molecule has 1 aromatic heterocycles. The molecular weight excluding hydrogens is 262 g/mol. The van der Waals surface area contributed by atoms with Crippen LogP contribution in [-0.2, 0) is 23.5 Å². The summed E-state index contributed by atoms with van der Waals surface area (Å²) >= 11 is 1.77. The number of carbonyl (C=O) groups is 1. The maximum atomic E-state index is 11.8. The van der Waals surface area contributed by atoms with Gasteiger partial charge in [-0.15, -0.1) is 0 Å². The monoisotopic (exact) mass is 281 g/mol. The van der Waals surface area contributed by atoms with Gasteiger partial charge in [0.15, 0.2) is 5.69 Å². The zero-order valence-corrected chi connectivity index (χ0v) is 12.3. The molecule has 0 aromatic carbocycles. The van der Waals surface area contributed by atoms with Crippen LogP contribution in [0.25, 0.3) is 0 Å². The number of rotatable bonds is 4. The molecule has 2 rings (SSSR count). The Morgan fingerprint density at radius 1 is 1.47 bits per heavy atom. The molecule has 6 heteroatoms. The number of methoxy groups -OCH3 is 1. The molecule has 5 nitrogen and oxygen atoms in total. The first-order chi connectivity index (χ1) is 9.11. The number of fused-ring (bicyclic) bond motifs is 1. The summed E-state index contributed by atoms with van der Waals surface area (Å²) in [4.78, 5) is 20.8. The number of esters is 1. The highest BCUT2D eigenvalue weighted by molar-refractivity contribution is 7.99. The lowest BCUT2D eigenvalue weighted by molar-refractivity contribution is 0.0591. The van der Waals surface area contributed by atoms with Gasteiger partial charge in [-0.2, -0.15) is 11.8 Å². The lowest BCUT2D eigenvalue weighted by Gasteiger charge is -2.19. The minimum absolute atomic E-state index is 0.377. The highest BCUT2D eigenvalue weighted by atomic mass is 32.2. The van der Waals surface area contributed by atoms with Gasteiger partial charge < -0.3 is 10.1 Å². The first kappa shape index (κ1) is 14.3. The first-order valence-corrected chi connectivity index (χ1v) is 7.46. The van der Waals surface area contributed by atoms with Crippen LogP contribution >= 0.6 is 11.8 Å². The summed E-state index contributed by atoms with van der Waals surface area (Å²) < 4.78 is 4.82. The first-order valence-electron chi connectivity index (χ1n) is 6.41. The highest BCUT2D eigenvalue weighted by Gasteiger charge is 2.22. The van der Waals surface area contributed by atoms with Crippen molar-refractivity contribution in [3.63, 3.8) is 0 Å². The van der Waals surface area contributed by atoms with Crippen LogP contribution in [0.2, 0.25) is 0 Å². The average molecular weight is 281 g/mol. The second-order valence-corrected chi connectivity index (χ2v) is 6.26. The predicted molar refractivity (Wildman–Crippen MR) is 75.2 cm³/mol. The number of thioether (sulfide) groups is 1. The summed E-state index contributed by atoms with van der Waals surface area (Å²) in [6.45, 7) is 5.79.